The van der Waals surface area contributed by atoms with Crippen LogP contribution in [0, 0.1) is 11.8 Å². The molecule has 1 heterocycles. The molecule has 1 aliphatic heterocycles. The van der Waals surface area contributed by atoms with Gasteiger partial charge in [0.2, 0.25) is 0 Å². The maximum absolute atomic E-state index is 5.95. The van der Waals surface area contributed by atoms with Gasteiger partial charge in [0.25, 0.3) is 0 Å². The van der Waals surface area contributed by atoms with E-state index in [1.54, 1.807) is 0 Å². The van der Waals surface area contributed by atoms with Crippen molar-refractivity contribution >= 4 is 0 Å². The highest BCUT2D eigenvalue weighted by Crippen LogP contribution is 2.36. The Balaban J connectivity index is 2.28. The number of hydrogen-bond donors (Lipinski definition) is 0. The minimum Gasteiger partial charge on any atom is -0.382 e. The molecule has 0 radical (unpaired) electrons. The maximum atomic E-state index is 5.95. The topological polar surface area (TPSA) is 18.5 Å². The number of rotatable bonds is 6. The largest absolute Gasteiger partial charge is 0.382 e. The van der Waals surface area contributed by atoms with Gasteiger partial charge in [0, 0.05) is 13.2 Å². The maximum Gasteiger partial charge on any atom is 0.0605 e. The predicted octanol–water partition coefficient (Wildman–Crippen LogP) is 3.25. The summed E-state index contributed by atoms with van der Waals surface area (Å²) >= 11 is 0. The summed E-state index contributed by atoms with van der Waals surface area (Å²) in [5.41, 5.74) is 0. The van der Waals surface area contributed by atoms with E-state index in [-0.39, 0.29) is 0 Å². The van der Waals surface area contributed by atoms with E-state index < -0.39 is 0 Å². The molecule has 0 aromatic carbocycles. The molecular formula is C13H26O2. The zero-order valence-electron chi connectivity index (χ0n) is 10.7. The first kappa shape index (κ1) is 13.0. The van der Waals surface area contributed by atoms with Crippen LogP contribution in [0.4, 0.5) is 0 Å². The molecule has 0 N–H and O–H groups in total. The van der Waals surface area contributed by atoms with Gasteiger partial charge in [-0.25, -0.2) is 0 Å². The van der Waals surface area contributed by atoms with Gasteiger partial charge in [-0.3, -0.25) is 0 Å². The van der Waals surface area contributed by atoms with Crippen LogP contribution in [0.5, 0.6) is 0 Å². The van der Waals surface area contributed by atoms with E-state index in [4.69, 9.17) is 9.47 Å². The highest BCUT2D eigenvalue weighted by Gasteiger charge is 2.37. The Morgan fingerprint density at radius 1 is 1.20 bits per heavy atom. The molecule has 1 aliphatic rings. The third kappa shape index (κ3) is 3.46. The average Bonchev–Trinajstić information content (AvgIpc) is 2.50. The van der Waals surface area contributed by atoms with Crippen LogP contribution in [0.1, 0.15) is 47.0 Å². The molecule has 15 heavy (non-hydrogen) atoms. The Bertz CT molecular complexity index is 170. The standard InChI is InChI=1S/C13H26O2/c1-5-13-10(3)12(11(4)15-13)8-7-9-14-6-2/h10-13H,5-9H2,1-4H3/t10?,11-,12?,13+/m0/s1. The van der Waals surface area contributed by atoms with E-state index in [1.165, 1.54) is 12.8 Å². The van der Waals surface area contributed by atoms with Crippen LogP contribution in [-0.4, -0.2) is 25.4 Å². The molecule has 0 aliphatic carbocycles. The van der Waals surface area contributed by atoms with Gasteiger partial charge < -0.3 is 9.47 Å². The molecule has 0 amide bonds. The molecule has 1 saturated heterocycles. The van der Waals surface area contributed by atoms with Crippen molar-refractivity contribution in [1.82, 2.24) is 0 Å². The zero-order chi connectivity index (χ0) is 11.3. The first-order valence-corrected chi connectivity index (χ1v) is 6.43. The molecule has 2 nitrogen and oxygen atoms in total. The summed E-state index contributed by atoms with van der Waals surface area (Å²) in [6, 6.07) is 0. The van der Waals surface area contributed by atoms with Crippen molar-refractivity contribution in [2.75, 3.05) is 13.2 Å². The summed E-state index contributed by atoms with van der Waals surface area (Å²) in [4.78, 5) is 0. The van der Waals surface area contributed by atoms with Crippen LogP contribution in [0.3, 0.4) is 0 Å². The summed E-state index contributed by atoms with van der Waals surface area (Å²) in [6.07, 6.45) is 4.49. The van der Waals surface area contributed by atoms with Gasteiger partial charge in [-0.15, -0.1) is 0 Å². The Kier molecular flexibility index (Phi) is 5.62. The SMILES string of the molecule is CCOCCCC1C(C)[C@@H](CC)O[C@H]1C. The summed E-state index contributed by atoms with van der Waals surface area (Å²) in [5.74, 6) is 1.45. The summed E-state index contributed by atoms with van der Waals surface area (Å²) in [6.45, 7) is 10.6. The highest BCUT2D eigenvalue weighted by molar-refractivity contribution is 4.85. The lowest BCUT2D eigenvalue weighted by Crippen LogP contribution is -2.18. The quantitative estimate of drug-likeness (QED) is 0.632. The first-order valence-electron chi connectivity index (χ1n) is 6.43. The Morgan fingerprint density at radius 3 is 2.47 bits per heavy atom. The fourth-order valence-corrected chi connectivity index (χ4v) is 2.73. The lowest BCUT2D eigenvalue weighted by molar-refractivity contribution is 0.0369. The van der Waals surface area contributed by atoms with Gasteiger partial charge in [-0.2, -0.15) is 0 Å². The third-order valence-corrected chi connectivity index (χ3v) is 3.69. The van der Waals surface area contributed by atoms with Crippen molar-refractivity contribution in [2.45, 2.75) is 59.2 Å². The van der Waals surface area contributed by atoms with E-state index >= 15 is 0 Å². The lowest BCUT2D eigenvalue weighted by Gasteiger charge is -2.18. The van der Waals surface area contributed by atoms with Crippen molar-refractivity contribution in [2.24, 2.45) is 11.8 Å². The summed E-state index contributed by atoms with van der Waals surface area (Å²) in [5, 5.41) is 0. The predicted molar refractivity (Wildman–Crippen MR) is 63.0 cm³/mol. The second kappa shape index (κ2) is 6.49. The van der Waals surface area contributed by atoms with E-state index in [0.717, 1.165) is 25.6 Å². The Hall–Kier alpha value is -0.0800. The zero-order valence-corrected chi connectivity index (χ0v) is 10.7. The molecule has 2 unspecified atom stereocenters. The molecular weight excluding hydrogens is 188 g/mol. The van der Waals surface area contributed by atoms with Gasteiger partial charge in [-0.1, -0.05) is 13.8 Å². The van der Waals surface area contributed by atoms with E-state index in [2.05, 4.69) is 27.7 Å². The minimum atomic E-state index is 0.437. The molecule has 90 valence electrons. The Labute approximate surface area is 94.3 Å². The van der Waals surface area contributed by atoms with Crippen LogP contribution in [0.25, 0.3) is 0 Å². The fourth-order valence-electron chi connectivity index (χ4n) is 2.73. The normalized spacial score (nSPS) is 36.0. The van der Waals surface area contributed by atoms with Crippen molar-refractivity contribution in [1.29, 1.82) is 0 Å². The molecule has 4 atom stereocenters. The van der Waals surface area contributed by atoms with Crippen molar-refractivity contribution < 1.29 is 9.47 Å². The molecule has 1 rings (SSSR count). The third-order valence-electron chi connectivity index (χ3n) is 3.69. The van der Waals surface area contributed by atoms with Gasteiger partial charge in [0.15, 0.2) is 0 Å². The van der Waals surface area contributed by atoms with E-state index in [1.807, 2.05) is 0 Å². The molecule has 2 heteroatoms. The van der Waals surface area contributed by atoms with Crippen LogP contribution in [0.15, 0.2) is 0 Å². The number of ether oxygens (including phenoxy) is 2. The van der Waals surface area contributed by atoms with Crippen LogP contribution >= 0.6 is 0 Å². The second-order valence-corrected chi connectivity index (χ2v) is 4.65. The Morgan fingerprint density at radius 2 is 1.93 bits per heavy atom. The summed E-state index contributed by atoms with van der Waals surface area (Å²) in [7, 11) is 0. The van der Waals surface area contributed by atoms with Gasteiger partial charge >= 0.3 is 0 Å². The van der Waals surface area contributed by atoms with Crippen LogP contribution < -0.4 is 0 Å². The summed E-state index contributed by atoms with van der Waals surface area (Å²) < 4.78 is 11.3. The van der Waals surface area contributed by atoms with Crippen LogP contribution in [-0.2, 0) is 9.47 Å². The van der Waals surface area contributed by atoms with Crippen molar-refractivity contribution in [3.05, 3.63) is 0 Å². The van der Waals surface area contributed by atoms with E-state index in [0.29, 0.717) is 18.1 Å². The smallest absolute Gasteiger partial charge is 0.0605 e. The molecule has 0 spiro atoms. The molecule has 0 saturated carbocycles. The minimum absolute atomic E-state index is 0.437. The van der Waals surface area contributed by atoms with Crippen molar-refractivity contribution in [3.63, 3.8) is 0 Å². The molecule has 0 bridgehead atoms. The monoisotopic (exact) mass is 214 g/mol. The number of hydrogen-bond acceptors (Lipinski definition) is 2. The fraction of sp³-hybridized carbons (Fsp3) is 1.00. The average molecular weight is 214 g/mol. The van der Waals surface area contributed by atoms with Gasteiger partial charge in [-0.05, 0) is 44.9 Å². The lowest BCUT2D eigenvalue weighted by atomic mass is 9.85. The second-order valence-electron chi connectivity index (χ2n) is 4.65. The highest BCUT2D eigenvalue weighted by atomic mass is 16.5. The molecule has 0 aromatic heterocycles. The van der Waals surface area contributed by atoms with E-state index in [9.17, 15) is 0 Å². The van der Waals surface area contributed by atoms with Crippen molar-refractivity contribution in [3.8, 4) is 0 Å². The first-order chi connectivity index (χ1) is 7.20. The van der Waals surface area contributed by atoms with Gasteiger partial charge in [0.05, 0.1) is 12.2 Å². The van der Waals surface area contributed by atoms with Crippen LogP contribution in [0.2, 0.25) is 0 Å². The van der Waals surface area contributed by atoms with Gasteiger partial charge in [0.1, 0.15) is 0 Å². The molecule has 1 fully saturated rings. The molecule has 0 aromatic rings.